The number of hydrogen-bond donors (Lipinski definition) is 2. The number of nitrogens with zero attached hydrogens (tertiary/aromatic N) is 4. The van der Waals surface area contributed by atoms with Crippen LogP contribution in [0.25, 0.3) is 0 Å². The Balaban J connectivity index is 1.61. The maximum absolute atomic E-state index is 13.8. The first-order valence-corrected chi connectivity index (χ1v) is 9.79. The third-order valence-electron chi connectivity index (χ3n) is 4.03. The average Bonchev–Trinajstić information content (AvgIpc) is 3.36. The van der Waals surface area contributed by atoms with Crippen LogP contribution in [0.1, 0.15) is 23.2 Å². The minimum atomic E-state index is -0.240. The zero-order valence-corrected chi connectivity index (χ0v) is 16.0. The van der Waals surface area contributed by atoms with E-state index in [0.717, 1.165) is 18.8 Å². The van der Waals surface area contributed by atoms with Gasteiger partial charge in [-0.1, -0.05) is 31.2 Å². The Morgan fingerprint density at radius 2 is 2.11 bits per heavy atom. The Morgan fingerprint density at radius 3 is 2.89 bits per heavy atom. The maximum Gasteiger partial charge on any atom is 0.191 e. The predicted molar refractivity (Wildman–Crippen MR) is 106 cm³/mol. The van der Waals surface area contributed by atoms with Crippen molar-refractivity contribution in [2.45, 2.75) is 33.0 Å². The second-order valence-electron chi connectivity index (χ2n) is 5.91. The Labute approximate surface area is 162 Å². The van der Waals surface area contributed by atoms with Crippen molar-refractivity contribution >= 4 is 17.3 Å². The van der Waals surface area contributed by atoms with Gasteiger partial charge in [-0.3, -0.25) is 0 Å². The molecule has 1 aromatic carbocycles. The molecule has 6 nitrogen and oxygen atoms in total. The van der Waals surface area contributed by atoms with Crippen molar-refractivity contribution in [1.82, 2.24) is 25.4 Å². The van der Waals surface area contributed by atoms with Gasteiger partial charge in [0.15, 0.2) is 5.96 Å². The molecule has 0 spiro atoms. The number of rotatable bonds is 8. The minimum absolute atomic E-state index is 0.240. The normalized spacial score (nSPS) is 11.6. The van der Waals surface area contributed by atoms with Crippen LogP contribution in [-0.2, 0) is 26.1 Å². The van der Waals surface area contributed by atoms with E-state index >= 15 is 0 Å². The lowest BCUT2D eigenvalue weighted by molar-refractivity contribution is 0.609. The van der Waals surface area contributed by atoms with Gasteiger partial charge in [-0.05, 0) is 17.5 Å². The zero-order chi connectivity index (χ0) is 18.9. The number of benzene rings is 1. The van der Waals surface area contributed by atoms with Gasteiger partial charge in [-0.2, -0.15) is 0 Å². The highest BCUT2D eigenvalue weighted by atomic mass is 32.1. The summed E-state index contributed by atoms with van der Waals surface area (Å²) in [4.78, 5) is 5.74. The lowest BCUT2D eigenvalue weighted by Gasteiger charge is -2.13. The summed E-state index contributed by atoms with van der Waals surface area (Å²) >= 11 is 1.68. The van der Waals surface area contributed by atoms with E-state index in [9.17, 15) is 4.39 Å². The van der Waals surface area contributed by atoms with E-state index in [0.29, 0.717) is 24.6 Å². The monoisotopic (exact) mass is 386 g/mol. The lowest BCUT2D eigenvalue weighted by atomic mass is 10.2. The van der Waals surface area contributed by atoms with Crippen LogP contribution in [0.4, 0.5) is 4.39 Å². The fourth-order valence-corrected chi connectivity index (χ4v) is 3.23. The maximum atomic E-state index is 13.8. The van der Waals surface area contributed by atoms with Gasteiger partial charge in [-0.25, -0.2) is 9.38 Å². The summed E-state index contributed by atoms with van der Waals surface area (Å²) < 4.78 is 15.9. The smallest absolute Gasteiger partial charge is 0.191 e. The van der Waals surface area contributed by atoms with Crippen molar-refractivity contribution in [3.63, 3.8) is 0 Å². The van der Waals surface area contributed by atoms with Crippen LogP contribution in [0.2, 0.25) is 0 Å². The van der Waals surface area contributed by atoms with E-state index in [2.05, 4.69) is 38.8 Å². The number of thiophene rings is 1. The van der Waals surface area contributed by atoms with Gasteiger partial charge in [0.2, 0.25) is 0 Å². The van der Waals surface area contributed by atoms with Gasteiger partial charge in [0, 0.05) is 30.0 Å². The molecule has 0 saturated carbocycles. The Hall–Kier alpha value is -2.74. The number of aryl methyl sites for hydroxylation is 1. The topological polar surface area (TPSA) is 67.1 Å². The SMILES string of the molecule is CCc1nncn1CCNC(=NCc1ccccc1F)NCc1cccs1. The van der Waals surface area contributed by atoms with Crippen molar-refractivity contribution in [1.29, 1.82) is 0 Å². The molecule has 142 valence electrons. The van der Waals surface area contributed by atoms with E-state index in [1.807, 2.05) is 22.1 Å². The third kappa shape index (κ3) is 5.62. The number of aliphatic imine (C=N–C) groups is 1. The van der Waals surface area contributed by atoms with E-state index < -0.39 is 0 Å². The second-order valence-corrected chi connectivity index (χ2v) is 6.94. The highest BCUT2D eigenvalue weighted by Crippen LogP contribution is 2.09. The Morgan fingerprint density at radius 1 is 1.22 bits per heavy atom. The third-order valence-corrected chi connectivity index (χ3v) is 4.91. The van der Waals surface area contributed by atoms with Crippen LogP contribution < -0.4 is 10.6 Å². The molecule has 2 aromatic heterocycles. The largest absolute Gasteiger partial charge is 0.355 e. The molecule has 2 N–H and O–H groups in total. The Kier molecular flexibility index (Phi) is 6.92. The summed E-state index contributed by atoms with van der Waals surface area (Å²) in [7, 11) is 0. The molecule has 3 aromatic rings. The molecule has 0 bridgehead atoms. The first-order chi connectivity index (χ1) is 13.3. The van der Waals surface area contributed by atoms with E-state index in [1.165, 1.54) is 10.9 Å². The van der Waals surface area contributed by atoms with Crippen LogP contribution in [0.5, 0.6) is 0 Å². The molecule has 0 fully saturated rings. The van der Waals surface area contributed by atoms with Crippen LogP contribution in [0.15, 0.2) is 53.1 Å². The van der Waals surface area contributed by atoms with Gasteiger partial charge >= 0.3 is 0 Å². The van der Waals surface area contributed by atoms with Crippen LogP contribution >= 0.6 is 11.3 Å². The predicted octanol–water partition coefficient (Wildman–Crippen LogP) is 2.98. The van der Waals surface area contributed by atoms with E-state index in [-0.39, 0.29) is 12.4 Å². The zero-order valence-electron chi connectivity index (χ0n) is 15.2. The van der Waals surface area contributed by atoms with Crippen molar-refractivity contribution < 1.29 is 4.39 Å². The van der Waals surface area contributed by atoms with Crippen LogP contribution in [0, 0.1) is 5.82 Å². The first kappa shape index (κ1) is 19.0. The van der Waals surface area contributed by atoms with Crippen molar-refractivity contribution in [2.24, 2.45) is 4.99 Å². The molecule has 0 amide bonds. The second kappa shape index (κ2) is 9.82. The molecule has 3 rings (SSSR count). The molecule has 0 atom stereocenters. The minimum Gasteiger partial charge on any atom is -0.355 e. The summed E-state index contributed by atoms with van der Waals surface area (Å²) in [5.74, 6) is 1.36. The number of guanidine groups is 1. The first-order valence-electron chi connectivity index (χ1n) is 8.91. The fourth-order valence-electron chi connectivity index (χ4n) is 2.58. The summed E-state index contributed by atoms with van der Waals surface area (Å²) in [6.07, 6.45) is 2.57. The molecule has 27 heavy (non-hydrogen) atoms. The molecule has 8 heteroatoms. The summed E-state index contributed by atoms with van der Waals surface area (Å²) in [5.41, 5.74) is 0.571. The summed E-state index contributed by atoms with van der Waals surface area (Å²) in [6, 6.07) is 10.8. The fraction of sp³-hybridized carbons (Fsp3) is 0.316. The van der Waals surface area contributed by atoms with E-state index in [4.69, 9.17) is 0 Å². The standard InChI is InChI=1S/C19H23FN6S/c1-2-18-25-24-14-26(18)10-9-21-19(23-13-16-7-5-11-27-16)22-12-15-6-3-4-8-17(15)20/h3-8,11,14H,2,9-10,12-13H2,1H3,(H2,21,22,23). The summed E-state index contributed by atoms with van der Waals surface area (Å²) in [5, 5.41) is 16.7. The van der Waals surface area contributed by atoms with Gasteiger partial charge < -0.3 is 15.2 Å². The van der Waals surface area contributed by atoms with Gasteiger partial charge in [0.05, 0.1) is 13.1 Å². The molecular weight excluding hydrogens is 363 g/mol. The molecular formula is C19H23FN6S. The molecule has 0 aliphatic carbocycles. The highest BCUT2D eigenvalue weighted by molar-refractivity contribution is 7.09. The molecule has 0 radical (unpaired) electrons. The molecule has 2 heterocycles. The number of halogens is 1. The van der Waals surface area contributed by atoms with Crippen LogP contribution in [0.3, 0.4) is 0 Å². The Bertz CT molecular complexity index is 859. The molecule has 0 aliphatic heterocycles. The van der Waals surface area contributed by atoms with Gasteiger partial charge in [0.25, 0.3) is 0 Å². The average molecular weight is 387 g/mol. The van der Waals surface area contributed by atoms with Crippen LogP contribution in [-0.4, -0.2) is 27.3 Å². The number of aromatic nitrogens is 3. The molecule has 0 saturated heterocycles. The number of hydrogen-bond acceptors (Lipinski definition) is 4. The quantitative estimate of drug-likeness (QED) is 0.461. The molecule has 0 aliphatic rings. The summed E-state index contributed by atoms with van der Waals surface area (Å²) in [6.45, 7) is 4.40. The lowest BCUT2D eigenvalue weighted by Crippen LogP contribution is -2.38. The van der Waals surface area contributed by atoms with Gasteiger partial charge in [-0.15, -0.1) is 21.5 Å². The van der Waals surface area contributed by atoms with Crippen molar-refractivity contribution in [2.75, 3.05) is 6.54 Å². The van der Waals surface area contributed by atoms with E-state index in [1.54, 1.807) is 29.8 Å². The number of nitrogens with one attached hydrogen (secondary N) is 2. The highest BCUT2D eigenvalue weighted by Gasteiger charge is 2.05. The van der Waals surface area contributed by atoms with Crippen molar-refractivity contribution in [3.05, 3.63) is 70.2 Å². The van der Waals surface area contributed by atoms with Gasteiger partial charge in [0.1, 0.15) is 18.0 Å². The molecule has 0 unspecified atom stereocenters. The van der Waals surface area contributed by atoms with Crippen molar-refractivity contribution in [3.8, 4) is 0 Å².